The first-order chi connectivity index (χ1) is 20.1. The number of nitrogens with zero attached hydrogens (tertiary/aromatic N) is 2. The summed E-state index contributed by atoms with van der Waals surface area (Å²) in [7, 11) is 1.96. The molecule has 1 atom stereocenters. The monoisotopic (exact) mass is 595 g/mol. The lowest BCUT2D eigenvalue weighted by atomic mass is 10.0. The summed E-state index contributed by atoms with van der Waals surface area (Å²) in [6.07, 6.45) is 3.68. The third-order valence-electron chi connectivity index (χ3n) is 5.09. The predicted octanol–water partition coefficient (Wildman–Crippen LogP) is 4.19. The zero-order chi connectivity index (χ0) is 33.3. The number of β-amino-alcohol motifs (C(OH)–C–C–N with tert-alkyl or cyclic N) is 1. The van der Waals surface area contributed by atoms with E-state index in [0.717, 1.165) is 24.6 Å². The van der Waals surface area contributed by atoms with E-state index in [1.54, 1.807) is 4.90 Å². The molecule has 0 aliphatic carbocycles. The van der Waals surface area contributed by atoms with Gasteiger partial charge < -0.3 is 36.3 Å². The number of hydrogen-bond donors (Lipinski definition) is 4. The third kappa shape index (κ3) is 28.6. The smallest absolute Gasteiger partial charge is 0.222 e. The fourth-order valence-corrected chi connectivity index (χ4v) is 3.21. The van der Waals surface area contributed by atoms with Crippen LogP contribution in [-0.2, 0) is 25.7 Å². The lowest BCUT2D eigenvalue weighted by Crippen LogP contribution is -2.29. The number of nitrogens with two attached hydrogens (primary N) is 2. The van der Waals surface area contributed by atoms with E-state index in [1.165, 1.54) is 16.7 Å². The molecule has 1 aromatic rings. The van der Waals surface area contributed by atoms with Crippen LogP contribution in [0.1, 0.15) is 85.8 Å². The van der Waals surface area contributed by atoms with Crippen molar-refractivity contribution in [3.05, 3.63) is 41.1 Å². The molecular formula is C32H61N5O5. The van der Waals surface area contributed by atoms with E-state index in [2.05, 4.69) is 68.0 Å². The molecule has 2 amide bonds. The second-order valence-electron chi connectivity index (χ2n) is 9.48. The molecule has 1 aliphatic heterocycles. The zero-order valence-corrected chi connectivity index (χ0v) is 27.8. The number of primary amides is 1. The summed E-state index contributed by atoms with van der Waals surface area (Å²) in [5, 5.41) is 12.4. The fraction of sp³-hybridized carbons (Fsp3) is 0.625. The minimum Gasteiger partial charge on any atom is -0.391 e. The van der Waals surface area contributed by atoms with Gasteiger partial charge in [-0.1, -0.05) is 58.9 Å². The number of carbonyl (C=O) groups excluding carboxylic acids is 3. The molecule has 2 rings (SSSR count). The highest BCUT2D eigenvalue weighted by molar-refractivity contribution is 5.76. The first kappa shape index (κ1) is 46.0. The molecule has 1 saturated heterocycles. The summed E-state index contributed by atoms with van der Waals surface area (Å²) in [6.45, 7) is 22.3. The van der Waals surface area contributed by atoms with E-state index >= 15 is 0 Å². The highest BCUT2D eigenvalue weighted by Crippen LogP contribution is 2.19. The van der Waals surface area contributed by atoms with E-state index in [9.17, 15) is 9.90 Å². The molecule has 1 aromatic carbocycles. The number of likely N-dealkylation sites (tertiary alicyclic amines) is 1. The van der Waals surface area contributed by atoms with Crippen LogP contribution in [0.25, 0.3) is 5.57 Å². The Balaban J connectivity index is -0.000000257. The number of aliphatic hydroxyl groups excluding tert-OH is 1. The predicted molar refractivity (Wildman–Crippen MR) is 177 cm³/mol. The van der Waals surface area contributed by atoms with E-state index < -0.39 is 0 Å². The van der Waals surface area contributed by atoms with E-state index in [1.807, 2.05) is 47.7 Å². The maximum absolute atomic E-state index is 11.6. The number of rotatable bonds is 10. The number of aliphatic imine (C=N–C) groups is 1. The van der Waals surface area contributed by atoms with Crippen LogP contribution in [-0.4, -0.2) is 81.3 Å². The van der Waals surface area contributed by atoms with Gasteiger partial charge in [-0.2, -0.15) is 0 Å². The molecule has 0 saturated carbocycles. The van der Waals surface area contributed by atoms with Crippen molar-refractivity contribution in [2.24, 2.45) is 22.4 Å². The first-order valence-corrected chi connectivity index (χ1v) is 14.7. The van der Waals surface area contributed by atoms with E-state index in [-0.39, 0.29) is 18.4 Å². The number of benzene rings is 1. The maximum atomic E-state index is 11.6. The van der Waals surface area contributed by atoms with Gasteiger partial charge in [0.05, 0.1) is 12.7 Å². The lowest BCUT2D eigenvalue weighted by Gasteiger charge is -2.15. The van der Waals surface area contributed by atoms with Crippen LogP contribution in [0.4, 0.5) is 0 Å². The van der Waals surface area contributed by atoms with Gasteiger partial charge in [0.2, 0.25) is 12.3 Å². The highest BCUT2D eigenvalue weighted by atomic mass is 16.5. The Bertz CT molecular complexity index is 811. The number of carbonyl (C=O) groups is 3. The average Bonchev–Trinajstić information content (AvgIpc) is 3.42. The Kier molecular flexibility index (Phi) is 37.6. The Morgan fingerprint density at radius 2 is 1.71 bits per heavy atom. The molecule has 0 bridgehead atoms. The minimum atomic E-state index is -0.331. The van der Waals surface area contributed by atoms with Gasteiger partial charge in [0.15, 0.2) is 0 Å². The molecule has 6 N–H and O–H groups in total. The van der Waals surface area contributed by atoms with Crippen molar-refractivity contribution >= 4 is 30.9 Å². The topological polar surface area (TPSA) is 160 Å². The summed E-state index contributed by atoms with van der Waals surface area (Å²) < 4.78 is 5.17. The molecule has 1 heterocycles. The number of nitrogens with one attached hydrogen (secondary N) is 1. The second kappa shape index (κ2) is 34.3. The second-order valence-corrected chi connectivity index (χ2v) is 9.48. The summed E-state index contributed by atoms with van der Waals surface area (Å²) in [5.74, 6) is 0.947. The molecule has 1 fully saturated rings. The molecule has 10 nitrogen and oxygen atoms in total. The molecule has 42 heavy (non-hydrogen) atoms. The molecule has 1 aliphatic rings. The highest BCUT2D eigenvalue weighted by Gasteiger charge is 2.23. The van der Waals surface area contributed by atoms with Gasteiger partial charge >= 0.3 is 0 Å². The normalized spacial score (nSPS) is 13.8. The number of allylic oxidation sites excluding steroid dienone is 2. The third-order valence-corrected chi connectivity index (χ3v) is 5.09. The summed E-state index contributed by atoms with van der Waals surface area (Å²) in [4.78, 5) is 34.2. The first-order valence-electron chi connectivity index (χ1n) is 14.7. The number of aliphatic hydroxyl groups is 1. The molecule has 0 aromatic heterocycles. The standard InChI is InChI=1S/C14H20N2.C10H20N2O3.C4H10.C2H6.CH3NO.CH2O/c1-5-16-12(3)11(2)14-8-6-13(7-9-14)10-15-4;11-4-7-15-6-1-2-10(14)12-5-3-9(13)8-12;1-4(2)3;1-2;2-1-3;1-2/h5-9,15H,10H2,1-4H3;9,13H,1-8,11H2;4H,1-3H3;1-2H3;1H,(H2,2,3);1H2/b12-11+,16-5?;;;;;. The van der Waals surface area contributed by atoms with Gasteiger partial charge in [0.1, 0.15) is 6.79 Å². The van der Waals surface area contributed by atoms with Crippen molar-refractivity contribution in [2.45, 2.75) is 87.3 Å². The molecule has 0 spiro atoms. The van der Waals surface area contributed by atoms with Crippen LogP contribution < -0.4 is 16.8 Å². The van der Waals surface area contributed by atoms with Crippen molar-refractivity contribution < 1.29 is 24.2 Å². The van der Waals surface area contributed by atoms with Gasteiger partial charge in [0, 0.05) is 51.1 Å². The Labute approximate surface area is 256 Å². The quantitative estimate of drug-likeness (QED) is 0.179. The van der Waals surface area contributed by atoms with E-state index in [0.29, 0.717) is 45.7 Å². The van der Waals surface area contributed by atoms with Crippen LogP contribution >= 0.6 is 0 Å². The van der Waals surface area contributed by atoms with Crippen molar-refractivity contribution in [3.8, 4) is 0 Å². The number of hydrogen-bond acceptors (Lipinski definition) is 8. The summed E-state index contributed by atoms with van der Waals surface area (Å²) in [6, 6.07) is 8.60. The molecule has 0 radical (unpaired) electrons. The lowest BCUT2D eigenvalue weighted by molar-refractivity contribution is -0.130. The van der Waals surface area contributed by atoms with E-state index in [4.69, 9.17) is 20.1 Å². The van der Waals surface area contributed by atoms with Gasteiger partial charge in [-0.05, 0) is 63.3 Å². The van der Waals surface area contributed by atoms with Gasteiger partial charge in [0.25, 0.3) is 0 Å². The molecule has 10 heteroatoms. The number of ether oxygens (including phenoxy) is 1. The van der Waals surface area contributed by atoms with Gasteiger partial charge in [-0.15, -0.1) is 0 Å². The minimum absolute atomic E-state index is 0.114. The van der Waals surface area contributed by atoms with Crippen molar-refractivity contribution in [1.29, 1.82) is 0 Å². The Hall–Kier alpha value is -2.92. The largest absolute Gasteiger partial charge is 0.391 e. The maximum Gasteiger partial charge on any atom is 0.222 e. The van der Waals surface area contributed by atoms with Crippen LogP contribution in [0.5, 0.6) is 0 Å². The number of amides is 2. The van der Waals surface area contributed by atoms with Gasteiger partial charge in [-0.3, -0.25) is 14.6 Å². The van der Waals surface area contributed by atoms with Crippen molar-refractivity contribution in [2.75, 3.05) is 39.9 Å². The zero-order valence-electron chi connectivity index (χ0n) is 27.8. The summed E-state index contributed by atoms with van der Waals surface area (Å²) in [5.41, 5.74) is 14.3. The van der Waals surface area contributed by atoms with Gasteiger partial charge in [-0.25, -0.2) is 0 Å². The SMILES string of the molecule is C=O.CC.CC(C)C.CC=N/C(C)=C(\C)c1ccc(CNC)cc1.NC=O.NCCOCCCC(=O)N1CCC(O)C1. The summed E-state index contributed by atoms with van der Waals surface area (Å²) >= 11 is 0. The fourth-order valence-electron chi connectivity index (χ4n) is 3.21. The van der Waals surface area contributed by atoms with Crippen LogP contribution in [0.3, 0.4) is 0 Å². The van der Waals surface area contributed by atoms with Crippen LogP contribution in [0.15, 0.2) is 35.0 Å². The van der Waals surface area contributed by atoms with Crippen LogP contribution in [0, 0.1) is 5.92 Å². The van der Waals surface area contributed by atoms with Crippen molar-refractivity contribution in [3.63, 3.8) is 0 Å². The molecule has 244 valence electrons. The van der Waals surface area contributed by atoms with Crippen molar-refractivity contribution in [1.82, 2.24) is 10.2 Å². The average molecular weight is 596 g/mol. The van der Waals surface area contributed by atoms with Crippen LogP contribution in [0.2, 0.25) is 0 Å². The Morgan fingerprint density at radius 3 is 2.12 bits per heavy atom. The Morgan fingerprint density at radius 1 is 1.19 bits per heavy atom. The molecular weight excluding hydrogens is 534 g/mol. The molecule has 1 unspecified atom stereocenters.